The molecule has 110 valence electrons. The van der Waals surface area contributed by atoms with Crippen LogP contribution in [-0.4, -0.2) is 36.7 Å². The van der Waals surface area contributed by atoms with Gasteiger partial charge in [-0.1, -0.05) is 30.1 Å². The molecule has 1 heterocycles. The van der Waals surface area contributed by atoms with Gasteiger partial charge in [0.25, 0.3) is 5.91 Å². The van der Waals surface area contributed by atoms with Gasteiger partial charge in [0, 0.05) is 18.0 Å². The maximum absolute atomic E-state index is 12.6. The first-order valence-electron chi connectivity index (χ1n) is 6.42. The molecule has 0 saturated carbocycles. The summed E-state index contributed by atoms with van der Waals surface area (Å²) in [5, 5.41) is 0.978. The summed E-state index contributed by atoms with van der Waals surface area (Å²) in [7, 11) is 0. The Kier molecular flexibility index (Phi) is 4.90. The molecule has 1 saturated heterocycles. The van der Waals surface area contributed by atoms with Gasteiger partial charge in [0.15, 0.2) is 0 Å². The molecule has 1 aliphatic heterocycles. The Balaban J connectivity index is 2.26. The minimum Gasteiger partial charge on any atom is -0.338 e. The number of nitrogens with two attached hydrogens (primary N) is 1. The van der Waals surface area contributed by atoms with E-state index in [1.54, 1.807) is 12.1 Å². The Morgan fingerprint density at radius 2 is 2.15 bits per heavy atom. The quantitative estimate of drug-likeness (QED) is 0.861. The van der Waals surface area contributed by atoms with Crippen LogP contribution in [0.1, 0.15) is 23.7 Å². The fraction of sp³-hybridized carbons (Fsp3) is 0.500. The summed E-state index contributed by atoms with van der Waals surface area (Å²) in [6.07, 6.45) is 2.85. The first-order valence-corrected chi connectivity index (χ1v) is 8.40. The number of hydrogen-bond donors (Lipinski definition) is 1. The SMILES string of the molecule is CSc1cc(C(=O)N2CCC(C)(CN)C2)c(Cl)cc1Cl. The summed E-state index contributed by atoms with van der Waals surface area (Å²) in [5.41, 5.74) is 6.31. The van der Waals surface area contributed by atoms with Crippen molar-refractivity contribution in [2.24, 2.45) is 11.1 Å². The molecule has 20 heavy (non-hydrogen) atoms. The van der Waals surface area contributed by atoms with Crippen LogP contribution in [-0.2, 0) is 0 Å². The van der Waals surface area contributed by atoms with E-state index in [0.29, 0.717) is 28.7 Å². The molecule has 1 aromatic carbocycles. The standard InChI is InChI=1S/C14H18Cl2N2OS/c1-14(7-17)3-4-18(8-14)13(19)9-5-12(20-2)11(16)6-10(9)15/h5-6H,3-4,7-8,17H2,1-2H3. The van der Waals surface area contributed by atoms with Gasteiger partial charge in [-0.2, -0.15) is 0 Å². The van der Waals surface area contributed by atoms with E-state index < -0.39 is 0 Å². The van der Waals surface area contributed by atoms with Crippen LogP contribution in [0, 0.1) is 5.41 Å². The molecule has 1 aromatic rings. The first-order chi connectivity index (χ1) is 9.40. The fourth-order valence-corrected chi connectivity index (χ4v) is 3.57. The highest BCUT2D eigenvalue weighted by atomic mass is 35.5. The van der Waals surface area contributed by atoms with Gasteiger partial charge in [-0.15, -0.1) is 11.8 Å². The van der Waals surface area contributed by atoms with Crippen molar-refractivity contribution in [2.75, 3.05) is 25.9 Å². The smallest absolute Gasteiger partial charge is 0.255 e. The third kappa shape index (κ3) is 3.08. The average Bonchev–Trinajstić information content (AvgIpc) is 2.82. The zero-order valence-electron chi connectivity index (χ0n) is 11.6. The predicted molar refractivity (Wildman–Crippen MR) is 85.9 cm³/mol. The zero-order chi connectivity index (χ0) is 14.9. The summed E-state index contributed by atoms with van der Waals surface area (Å²) >= 11 is 13.8. The predicted octanol–water partition coefficient (Wildman–Crippen LogP) is 3.53. The van der Waals surface area contributed by atoms with Crippen molar-refractivity contribution < 1.29 is 4.79 Å². The second-order valence-electron chi connectivity index (χ2n) is 5.46. The van der Waals surface area contributed by atoms with Gasteiger partial charge in [-0.05, 0) is 36.8 Å². The number of likely N-dealkylation sites (tertiary alicyclic amines) is 1. The summed E-state index contributed by atoms with van der Waals surface area (Å²) in [5.74, 6) is -0.0425. The fourth-order valence-electron chi connectivity index (χ4n) is 2.38. The molecule has 0 bridgehead atoms. The lowest BCUT2D eigenvalue weighted by molar-refractivity contribution is 0.0777. The van der Waals surface area contributed by atoms with Gasteiger partial charge in [-0.25, -0.2) is 0 Å². The molecular weight excluding hydrogens is 315 g/mol. The summed E-state index contributed by atoms with van der Waals surface area (Å²) < 4.78 is 0. The number of hydrogen-bond acceptors (Lipinski definition) is 3. The molecule has 0 aliphatic carbocycles. The zero-order valence-corrected chi connectivity index (χ0v) is 13.9. The van der Waals surface area contributed by atoms with E-state index in [4.69, 9.17) is 28.9 Å². The Morgan fingerprint density at radius 1 is 1.45 bits per heavy atom. The van der Waals surface area contributed by atoms with E-state index in [1.807, 2.05) is 11.2 Å². The molecule has 1 aliphatic rings. The Bertz CT molecular complexity index is 538. The van der Waals surface area contributed by atoms with Crippen LogP contribution >= 0.6 is 35.0 Å². The number of thioether (sulfide) groups is 1. The molecule has 1 fully saturated rings. The van der Waals surface area contributed by atoms with Crippen molar-refractivity contribution in [1.29, 1.82) is 0 Å². The molecule has 2 N–H and O–H groups in total. The summed E-state index contributed by atoms with van der Waals surface area (Å²) in [6.45, 7) is 4.09. The molecule has 0 aromatic heterocycles. The van der Waals surface area contributed by atoms with Gasteiger partial charge in [-0.3, -0.25) is 4.79 Å². The Morgan fingerprint density at radius 3 is 2.70 bits per heavy atom. The van der Waals surface area contributed by atoms with E-state index in [2.05, 4.69) is 6.92 Å². The van der Waals surface area contributed by atoms with E-state index in [9.17, 15) is 4.79 Å². The molecule has 0 spiro atoms. The number of amides is 1. The van der Waals surface area contributed by atoms with Crippen LogP contribution in [0.25, 0.3) is 0 Å². The molecule has 1 amide bonds. The van der Waals surface area contributed by atoms with Crippen molar-refractivity contribution in [3.8, 4) is 0 Å². The second-order valence-corrected chi connectivity index (χ2v) is 7.12. The largest absolute Gasteiger partial charge is 0.338 e. The van der Waals surface area contributed by atoms with Crippen molar-refractivity contribution in [3.05, 3.63) is 27.7 Å². The average molecular weight is 333 g/mol. The van der Waals surface area contributed by atoms with Gasteiger partial charge >= 0.3 is 0 Å². The van der Waals surface area contributed by atoms with Crippen LogP contribution in [0.5, 0.6) is 0 Å². The number of halogens is 2. The normalized spacial score (nSPS) is 22.4. The van der Waals surface area contributed by atoms with Crippen LogP contribution < -0.4 is 5.73 Å². The Hall–Kier alpha value is -0.420. The number of nitrogens with zero attached hydrogens (tertiary/aromatic N) is 1. The first kappa shape index (κ1) is 16.0. The molecule has 3 nitrogen and oxygen atoms in total. The number of rotatable bonds is 3. The highest BCUT2D eigenvalue weighted by Crippen LogP contribution is 2.34. The molecule has 2 rings (SSSR count). The van der Waals surface area contributed by atoms with Gasteiger partial charge in [0.2, 0.25) is 0 Å². The Labute approximate surface area is 133 Å². The minimum atomic E-state index is -0.0425. The van der Waals surface area contributed by atoms with Gasteiger partial charge in [0.1, 0.15) is 0 Å². The highest BCUT2D eigenvalue weighted by Gasteiger charge is 2.35. The third-order valence-electron chi connectivity index (χ3n) is 3.81. The lowest BCUT2D eigenvalue weighted by Crippen LogP contribution is -2.34. The second kappa shape index (κ2) is 6.14. The minimum absolute atomic E-state index is 0.0108. The van der Waals surface area contributed by atoms with Crippen molar-refractivity contribution in [1.82, 2.24) is 4.90 Å². The number of carbonyl (C=O) groups excluding carboxylic acids is 1. The van der Waals surface area contributed by atoms with Crippen LogP contribution in [0.15, 0.2) is 17.0 Å². The number of carbonyl (C=O) groups is 1. The van der Waals surface area contributed by atoms with Crippen molar-refractivity contribution in [2.45, 2.75) is 18.2 Å². The summed E-state index contributed by atoms with van der Waals surface area (Å²) in [6, 6.07) is 3.41. The maximum Gasteiger partial charge on any atom is 0.255 e. The van der Waals surface area contributed by atoms with E-state index in [-0.39, 0.29) is 11.3 Å². The van der Waals surface area contributed by atoms with E-state index in [1.165, 1.54) is 11.8 Å². The van der Waals surface area contributed by atoms with Crippen LogP contribution in [0.4, 0.5) is 0 Å². The molecule has 1 atom stereocenters. The lowest BCUT2D eigenvalue weighted by Gasteiger charge is -2.23. The highest BCUT2D eigenvalue weighted by molar-refractivity contribution is 7.98. The monoisotopic (exact) mass is 332 g/mol. The van der Waals surface area contributed by atoms with E-state index >= 15 is 0 Å². The maximum atomic E-state index is 12.6. The molecule has 0 radical (unpaired) electrons. The van der Waals surface area contributed by atoms with Gasteiger partial charge < -0.3 is 10.6 Å². The number of benzene rings is 1. The molecular formula is C14H18Cl2N2OS. The topological polar surface area (TPSA) is 46.3 Å². The lowest BCUT2D eigenvalue weighted by atomic mass is 9.90. The van der Waals surface area contributed by atoms with Crippen molar-refractivity contribution in [3.63, 3.8) is 0 Å². The van der Waals surface area contributed by atoms with Crippen LogP contribution in [0.3, 0.4) is 0 Å². The van der Waals surface area contributed by atoms with Crippen LogP contribution in [0.2, 0.25) is 10.0 Å². The van der Waals surface area contributed by atoms with Gasteiger partial charge in [0.05, 0.1) is 15.6 Å². The van der Waals surface area contributed by atoms with Crippen molar-refractivity contribution >= 4 is 40.9 Å². The molecule has 6 heteroatoms. The molecule has 1 unspecified atom stereocenters. The summed E-state index contributed by atoms with van der Waals surface area (Å²) in [4.78, 5) is 15.3. The third-order valence-corrected chi connectivity index (χ3v) is 5.32. The van der Waals surface area contributed by atoms with E-state index in [0.717, 1.165) is 17.9 Å².